The van der Waals surface area contributed by atoms with Crippen LogP contribution in [-0.4, -0.2) is 31.7 Å². The summed E-state index contributed by atoms with van der Waals surface area (Å²) in [4.78, 5) is 24.5. The van der Waals surface area contributed by atoms with Gasteiger partial charge in [-0.05, 0) is 36.0 Å². The number of hydrogen-bond donors (Lipinski definition) is 2. The molecule has 2 aromatic carbocycles. The molecule has 162 valence electrons. The van der Waals surface area contributed by atoms with Gasteiger partial charge < -0.3 is 19.4 Å². The number of anilines is 1. The van der Waals surface area contributed by atoms with Crippen molar-refractivity contribution in [3.05, 3.63) is 77.2 Å². The van der Waals surface area contributed by atoms with Crippen LogP contribution in [0.25, 0.3) is 17.0 Å². The van der Waals surface area contributed by atoms with Gasteiger partial charge in [0.2, 0.25) is 11.8 Å². The topological polar surface area (TPSA) is 110 Å². The summed E-state index contributed by atoms with van der Waals surface area (Å²) in [6.45, 7) is 1.96. The molecule has 0 saturated carbocycles. The smallest absolute Gasteiger partial charge is 0.342 e. The quantitative estimate of drug-likeness (QED) is 0.303. The van der Waals surface area contributed by atoms with E-state index in [1.165, 1.54) is 0 Å². The summed E-state index contributed by atoms with van der Waals surface area (Å²) in [5.74, 6) is -0.846. The van der Waals surface area contributed by atoms with E-state index in [-0.39, 0.29) is 22.6 Å². The van der Waals surface area contributed by atoms with Crippen LogP contribution in [0.2, 0.25) is 0 Å². The Labute approximate surface area is 188 Å². The Bertz CT molecular complexity index is 1290. The predicted molar refractivity (Wildman–Crippen MR) is 122 cm³/mol. The van der Waals surface area contributed by atoms with Crippen LogP contribution in [0.15, 0.2) is 75.3 Å². The molecule has 0 aliphatic rings. The molecule has 2 aromatic heterocycles. The zero-order valence-corrected chi connectivity index (χ0v) is 18.0. The van der Waals surface area contributed by atoms with Crippen LogP contribution in [0.1, 0.15) is 18.4 Å². The van der Waals surface area contributed by atoms with Gasteiger partial charge in [0.1, 0.15) is 11.4 Å². The maximum atomic E-state index is 12.6. The number of nitrogens with zero attached hydrogens (tertiary/aromatic N) is 3. The van der Waals surface area contributed by atoms with Gasteiger partial charge in [-0.1, -0.05) is 43.3 Å². The van der Waals surface area contributed by atoms with Gasteiger partial charge in [-0.2, -0.15) is 0 Å². The minimum Gasteiger partial charge on any atom is -0.477 e. The number of aromatic nitrogens is 3. The first-order chi connectivity index (χ1) is 15.5. The number of carboxylic acid groups (broad SMARTS) is 1. The summed E-state index contributed by atoms with van der Waals surface area (Å²) in [6.07, 6.45) is 3.89. The van der Waals surface area contributed by atoms with E-state index in [1.807, 2.05) is 61.5 Å². The summed E-state index contributed by atoms with van der Waals surface area (Å²) < 4.78 is 7.23. The van der Waals surface area contributed by atoms with Gasteiger partial charge in [-0.3, -0.25) is 4.79 Å². The fraction of sp³-hybridized carbons (Fsp3) is 0.130. The van der Waals surface area contributed by atoms with Crippen LogP contribution in [0, 0.1) is 0 Å². The van der Waals surface area contributed by atoms with Gasteiger partial charge in [0.05, 0.1) is 0 Å². The van der Waals surface area contributed by atoms with E-state index in [0.717, 1.165) is 22.7 Å². The van der Waals surface area contributed by atoms with Crippen molar-refractivity contribution >= 4 is 46.3 Å². The van der Waals surface area contributed by atoms with E-state index in [9.17, 15) is 14.7 Å². The Kier molecular flexibility index (Phi) is 6.37. The van der Waals surface area contributed by atoms with Crippen molar-refractivity contribution in [2.75, 3.05) is 5.32 Å². The van der Waals surface area contributed by atoms with Crippen molar-refractivity contribution in [2.45, 2.75) is 25.1 Å². The molecule has 0 atom stereocenters. The van der Waals surface area contributed by atoms with E-state index in [1.54, 1.807) is 16.8 Å². The largest absolute Gasteiger partial charge is 0.477 e. The Balaban J connectivity index is 1.63. The molecule has 1 amide bonds. The lowest BCUT2D eigenvalue weighted by molar-refractivity contribution is -0.131. The third-order valence-electron chi connectivity index (χ3n) is 4.64. The molecule has 0 spiro atoms. The number of nitrogens with one attached hydrogen (secondary N) is 1. The number of aliphatic carboxylic acids is 1. The Morgan fingerprint density at radius 3 is 2.59 bits per heavy atom. The van der Waals surface area contributed by atoms with Gasteiger partial charge in [0.25, 0.3) is 5.22 Å². The molecule has 8 nitrogen and oxygen atoms in total. The molecule has 0 aliphatic carbocycles. The molecule has 4 rings (SSSR count). The summed E-state index contributed by atoms with van der Waals surface area (Å²) >= 11 is 0.894. The second kappa shape index (κ2) is 9.52. The summed E-state index contributed by atoms with van der Waals surface area (Å²) in [5.41, 5.74) is 2.21. The van der Waals surface area contributed by atoms with Crippen LogP contribution < -0.4 is 5.32 Å². The highest BCUT2D eigenvalue weighted by Crippen LogP contribution is 2.30. The van der Waals surface area contributed by atoms with Crippen molar-refractivity contribution < 1.29 is 19.1 Å². The second-order valence-corrected chi connectivity index (χ2v) is 7.87. The van der Waals surface area contributed by atoms with Crippen molar-refractivity contribution in [3.8, 4) is 0 Å². The molecule has 0 saturated heterocycles. The van der Waals surface area contributed by atoms with E-state index in [0.29, 0.717) is 23.6 Å². The number of benzene rings is 2. The van der Waals surface area contributed by atoms with Crippen molar-refractivity contribution in [1.29, 1.82) is 0 Å². The third kappa shape index (κ3) is 4.89. The number of amides is 1. The molecular formula is C23H20N4O4S. The fourth-order valence-corrected chi connectivity index (χ4v) is 3.87. The maximum absolute atomic E-state index is 12.6. The highest BCUT2D eigenvalue weighted by atomic mass is 32.2. The minimum atomic E-state index is -1.11. The van der Waals surface area contributed by atoms with Gasteiger partial charge in [0.15, 0.2) is 0 Å². The standard InChI is InChI=1S/C23H20N4O4S/c1-2-21-25-26-23(31-21)32-19(22(29)30)12-15-13-27(18-11-7-6-10-17(15)18)14-20(28)24-16-8-4-3-5-9-16/h3-13H,2,14H2,1H3,(H,24,28)(H,29,30)/b19-12-. The average molecular weight is 449 g/mol. The zero-order valence-electron chi connectivity index (χ0n) is 17.2. The maximum Gasteiger partial charge on any atom is 0.342 e. The van der Waals surface area contributed by atoms with Gasteiger partial charge >= 0.3 is 5.97 Å². The van der Waals surface area contributed by atoms with E-state index < -0.39 is 5.97 Å². The first-order valence-corrected chi connectivity index (χ1v) is 10.7. The highest BCUT2D eigenvalue weighted by molar-refractivity contribution is 8.03. The first-order valence-electron chi connectivity index (χ1n) is 9.91. The van der Waals surface area contributed by atoms with Crippen molar-refractivity contribution in [2.24, 2.45) is 0 Å². The summed E-state index contributed by atoms with van der Waals surface area (Å²) in [5, 5.41) is 21.3. The number of para-hydroxylation sites is 2. The van der Waals surface area contributed by atoms with E-state index in [4.69, 9.17) is 4.42 Å². The number of thioether (sulfide) groups is 1. The summed E-state index contributed by atoms with van der Waals surface area (Å²) in [7, 11) is 0. The van der Waals surface area contributed by atoms with Gasteiger partial charge in [-0.25, -0.2) is 4.79 Å². The second-order valence-electron chi connectivity index (χ2n) is 6.87. The SMILES string of the molecule is CCc1nnc(S/C(=C\c2cn(CC(=O)Nc3ccccc3)c3ccccc23)C(=O)O)o1. The van der Waals surface area contributed by atoms with Crippen LogP contribution in [0.5, 0.6) is 0 Å². The van der Waals surface area contributed by atoms with Gasteiger partial charge in [0, 0.05) is 34.8 Å². The van der Waals surface area contributed by atoms with E-state index >= 15 is 0 Å². The summed E-state index contributed by atoms with van der Waals surface area (Å²) in [6, 6.07) is 16.7. The number of aryl methyl sites for hydroxylation is 1. The Morgan fingerprint density at radius 1 is 1.12 bits per heavy atom. The molecule has 0 aliphatic heterocycles. The molecular weight excluding hydrogens is 428 g/mol. The first kappa shape index (κ1) is 21.4. The zero-order chi connectivity index (χ0) is 22.5. The Hall–Kier alpha value is -3.85. The molecule has 2 heterocycles. The monoisotopic (exact) mass is 448 g/mol. The molecule has 0 unspecified atom stereocenters. The predicted octanol–water partition coefficient (Wildman–Crippen LogP) is 4.44. The van der Waals surface area contributed by atoms with Crippen LogP contribution in [-0.2, 0) is 22.6 Å². The van der Waals surface area contributed by atoms with Crippen LogP contribution in [0.3, 0.4) is 0 Å². The van der Waals surface area contributed by atoms with Crippen LogP contribution >= 0.6 is 11.8 Å². The molecule has 2 N–H and O–H groups in total. The lowest BCUT2D eigenvalue weighted by atomic mass is 10.1. The number of hydrogen-bond acceptors (Lipinski definition) is 6. The lowest BCUT2D eigenvalue weighted by Gasteiger charge is -2.07. The molecule has 9 heteroatoms. The number of carboxylic acids is 1. The van der Waals surface area contributed by atoms with Crippen molar-refractivity contribution in [3.63, 3.8) is 0 Å². The average Bonchev–Trinajstić information content (AvgIpc) is 3.39. The molecule has 0 fully saturated rings. The minimum absolute atomic E-state index is 0.0351. The van der Waals surface area contributed by atoms with Crippen LogP contribution in [0.4, 0.5) is 5.69 Å². The fourth-order valence-electron chi connectivity index (χ4n) is 3.19. The number of carbonyl (C=O) groups is 2. The van der Waals surface area contributed by atoms with Gasteiger partial charge in [-0.15, -0.1) is 10.2 Å². The number of carbonyl (C=O) groups excluding carboxylic acids is 1. The van der Waals surface area contributed by atoms with E-state index in [2.05, 4.69) is 15.5 Å². The third-order valence-corrected chi connectivity index (χ3v) is 5.49. The Morgan fingerprint density at radius 2 is 1.88 bits per heavy atom. The molecule has 4 aromatic rings. The molecule has 32 heavy (non-hydrogen) atoms. The highest BCUT2D eigenvalue weighted by Gasteiger charge is 2.17. The lowest BCUT2D eigenvalue weighted by Crippen LogP contribution is -2.18. The number of fused-ring (bicyclic) bond motifs is 1. The normalized spacial score (nSPS) is 11.6. The molecule has 0 bridgehead atoms. The molecule has 0 radical (unpaired) electrons. The van der Waals surface area contributed by atoms with Crippen molar-refractivity contribution in [1.82, 2.24) is 14.8 Å². The number of rotatable bonds is 8.